The Bertz CT molecular complexity index is 25.2. The Morgan fingerprint density at radius 2 is 1.17 bits per heavy atom. The Morgan fingerprint density at radius 1 is 1.17 bits per heavy atom. The Balaban J connectivity index is 0. The third kappa shape index (κ3) is 24.7. The van der Waals surface area contributed by atoms with Crippen molar-refractivity contribution in [2.24, 2.45) is 0 Å². The van der Waals surface area contributed by atoms with Gasteiger partial charge in [-0.1, -0.05) is 0 Å². The van der Waals surface area contributed by atoms with Gasteiger partial charge in [0.1, 0.15) is 0 Å². The van der Waals surface area contributed by atoms with Gasteiger partial charge in [0, 0.05) is 33.3 Å². The third-order valence-corrected chi connectivity index (χ3v) is 0. The summed E-state index contributed by atoms with van der Waals surface area (Å²) in [5.74, 6) is 0. The van der Waals surface area contributed by atoms with Crippen molar-refractivity contribution in [3.05, 3.63) is 0 Å². The molecular formula is H7AlCoLiMgNaNi. The predicted molar refractivity (Wildman–Crippen MR) is 20.1 cm³/mol. The maximum Gasteiger partial charge on any atom is 2.00 e. The van der Waals surface area contributed by atoms with Crippen LogP contribution < -0.4 is 48.4 Å². The first-order valence-electron chi connectivity index (χ1n) is 0. The summed E-state index contributed by atoms with van der Waals surface area (Å²) in [6.07, 6.45) is 0. The van der Waals surface area contributed by atoms with E-state index in [0.29, 0.717) is 0 Å². The Morgan fingerprint density at radius 3 is 1.17 bits per heavy atom. The minimum absolute atomic E-state index is 0. The largest absolute Gasteiger partial charge is 2.00 e. The molecule has 0 saturated carbocycles. The molecule has 0 saturated heterocycles. The topological polar surface area (TPSA) is 0 Å². The summed E-state index contributed by atoms with van der Waals surface area (Å²) in [6.45, 7) is 0. The molecule has 6 heavy (non-hydrogen) atoms. The summed E-state index contributed by atoms with van der Waals surface area (Å²) in [7, 11) is 0. The second-order valence-corrected chi connectivity index (χ2v) is 0. The third-order valence-electron chi connectivity index (χ3n) is 0. The van der Waals surface area contributed by atoms with Gasteiger partial charge in [-0.2, -0.15) is 0 Å². The van der Waals surface area contributed by atoms with Crippen molar-refractivity contribution in [1.29, 1.82) is 0 Å². The van der Waals surface area contributed by atoms with Gasteiger partial charge in [-0.3, -0.25) is 0 Å². The molecule has 0 amide bonds. The summed E-state index contributed by atoms with van der Waals surface area (Å²) in [6, 6.07) is 0. The molecule has 0 aromatic carbocycles. The zero-order chi connectivity index (χ0) is 0. The molecular weight excluding hydrogens is 199 g/mol. The first-order chi connectivity index (χ1) is 0. The van der Waals surface area contributed by atoms with Crippen LogP contribution in [-0.2, 0) is 33.3 Å². The van der Waals surface area contributed by atoms with Crippen LogP contribution in [0.5, 0.6) is 0 Å². The van der Waals surface area contributed by atoms with Crippen LogP contribution in [0.25, 0.3) is 0 Å². The SMILES string of the molecule is [AlH3].[Co].[H-].[H-].[H-].[H-].[Li+].[Mg+2].[Na+].[Ni]. The first-order valence-corrected chi connectivity index (χ1v) is 0. The summed E-state index contributed by atoms with van der Waals surface area (Å²) >= 11 is 0. The quantitative estimate of drug-likeness (QED) is 0.345. The van der Waals surface area contributed by atoms with Gasteiger partial charge in [0.15, 0.2) is 17.4 Å². The van der Waals surface area contributed by atoms with Crippen molar-refractivity contribution in [3.8, 4) is 0 Å². The molecule has 33 valence electrons. The van der Waals surface area contributed by atoms with E-state index in [9.17, 15) is 0 Å². The van der Waals surface area contributed by atoms with E-state index in [2.05, 4.69) is 0 Å². The number of hydrogen-bond acceptors (Lipinski definition) is 0. The molecule has 0 aromatic heterocycles. The normalized spacial score (nSPS) is 0. The molecule has 0 rings (SSSR count). The smallest absolute Gasteiger partial charge is 1.00 e. The van der Waals surface area contributed by atoms with Crippen molar-refractivity contribution in [3.63, 3.8) is 0 Å². The minimum Gasteiger partial charge on any atom is -1.00 e. The monoisotopic (exact) mass is 205 g/mol. The second-order valence-electron chi connectivity index (χ2n) is 0. The molecule has 0 aliphatic rings. The molecule has 0 aliphatic heterocycles. The molecule has 0 unspecified atom stereocenters. The van der Waals surface area contributed by atoms with Crippen LogP contribution in [0, 0.1) is 0 Å². The molecule has 0 nitrogen and oxygen atoms in total. The second kappa shape index (κ2) is 36.5. The summed E-state index contributed by atoms with van der Waals surface area (Å²) < 4.78 is 0. The van der Waals surface area contributed by atoms with Gasteiger partial charge in [0.05, 0.1) is 0 Å². The molecule has 0 fully saturated rings. The number of hydrogen-bond donors (Lipinski definition) is 0. The summed E-state index contributed by atoms with van der Waals surface area (Å²) in [4.78, 5) is 0. The van der Waals surface area contributed by atoms with Gasteiger partial charge in [-0.25, -0.2) is 0 Å². The predicted octanol–water partition coefficient (Wildman–Crippen LogP) is -7.11. The zero-order valence-electron chi connectivity index (χ0n) is 7.36. The van der Waals surface area contributed by atoms with Gasteiger partial charge < -0.3 is 5.71 Å². The van der Waals surface area contributed by atoms with Crippen molar-refractivity contribution >= 4 is 40.4 Å². The summed E-state index contributed by atoms with van der Waals surface area (Å²) in [5, 5.41) is 0. The van der Waals surface area contributed by atoms with Crippen LogP contribution in [0.15, 0.2) is 0 Å². The average molecular weight is 206 g/mol. The summed E-state index contributed by atoms with van der Waals surface area (Å²) in [5.41, 5.74) is 0. The fourth-order valence-electron chi connectivity index (χ4n) is 0. The molecule has 0 aromatic rings. The van der Waals surface area contributed by atoms with Crippen LogP contribution in [-0.4, -0.2) is 40.4 Å². The first kappa shape index (κ1) is 51.6. The average Bonchev–Trinajstić information content (AvgIpc) is 0. The van der Waals surface area contributed by atoms with E-state index in [0.717, 1.165) is 0 Å². The van der Waals surface area contributed by atoms with Crippen molar-refractivity contribution < 1.29 is 87.4 Å². The van der Waals surface area contributed by atoms with E-state index in [4.69, 9.17) is 0 Å². The van der Waals surface area contributed by atoms with Crippen molar-refractivity contribution in [2.45, 2.75) is 0 Å². The fourth-order valence-corrected chi connectivity index (χ4v) is 0. The van der Waals surface area contributed by atoms with Crippen LogP contribution >= 0.6 is 0 Å². The molecule has 0 N–H and O–H groups in total. The Hall–Kier alpha value is 3.90. The van der Waals surface area contributed by atoms with Crippen molar-refractivity contribution in [2.75, 3.05) is 0 Å². The van der Waals surface area contributed by atoms with E-state index in [1.807, 2.05) is 0 Å². The van der Waals surface area contributed by atoms with Gasteiger partial charge in [0.25, 0.3) is 0 Å². The Kier molecular flexibility index (Phi) is 314. The molecule has 0 atom stereocenters. The van der Waals surface area contributed by atoms with Crippen LogP contribution in [0.2, 0.25) is 0 Å². The van der Waals surface area contributed by atoms with E-state index >= 15 is 0 Å². The van der Waals surface area contributed by atoms with E-state index in [-0.39, 0.29) is 128 Å². The van der Waals surface area contributed by atoms with Gasteiger partial charge >= 0.3 is 71.5 Å². The van der Waals surface area contributed by atoms with Gasteiger partial charge in [-0.15, -0.1) is 0 Å². The van der Waals surface area contributed by atoms with Crippen LogP contribution in [0.3, 0.4) is 0 Å². The number of rotatable bonds is 0. The maximum atomic E-state index is 0. The van der Waals surface area contributed by atoms with Crippen molar-refractivity contribution in [1.82, 2.24) is 0 Å². The molecule has 0 bridgehead atoms. The van der Waals surface area contributed by atoms with Crippen LogP contribution in [0.4, 0.5) is 0 Å². The van der Waals surface area contributed by atoms with Gasteiger partial charge in [0.2, 0.25) is 0 Å². The minimum atomic E-state index is 0. The zero-order valence-corrected chi connectivity index (χ0v) is 8.80. The van der Waals surface area contributed by atoms with E-state index in [1.165, 1.54) is 0 Å². The molecule has 1 radical (unpaired) electrons. The maximum absolute atomic E-state index is 0. The fraction of sp³-hybridized carbons (Fsp3) is 0. The Labute approximate surface area is 126 Å². The molecule has 0 heterocycles. The van der Waals surface area contributed by atoms with E-state index in [1.54, 1.807) is 0 Å². The van der Waals surface area contributed by atoms with Gasteiger partial charge in [-0.05, 0) is 0 Å². The molecule has 0 spiro atoms. The molecule has 6 heteroatoms. The standard InChI is InChI=1S/Al.Co.Li.Mg.Na.Ni.7H/q;;+1;+2;+1;;;;;4*-1. The van der Waals surface area contributed by atoms with Crippen LogP contribution in [0.1, 0.15) is 5.71 Å². The van der Waals surface area contributed by atoms with E-state index < -0.39 is 0 Å². The molecule has 0 aliphatic carbocycles.